The zero-order valence-corrected chi connectivity index (χ0v) is 16.9. The fourth-order valence-corrected chi connectivity index (χ4v) is 3.61. The van der Waals surface area contributed by atoms with Crippen LogP contribution < -0.4 is 5.43 Å². The summed E-state index contributed by atoms with van der Waals surface area (Å²) >= 11 is 0. The van der Waals surface area contributed by atoms with Gasteiger partial charge in [0.25, 0.3) is 0 Å². The second-order valence-corrected chi connectivity index (χ2v) is 8.42. The molecule has 4 rings (SSSR count). The van der Waals surface area contributed by atoms with E-state index in [1.165, 1.54) is 18.2 Å². The predicted octanol–water partition coefficient (Wildman–Crippen LogP) is 5.81. The maximum atomic E-state index is 12.9. The molecule has 146 valence electrons. The molecule has 0 saturated heterocycles. The zero-order chi connectivity index (χ0) is 20.9. The van der Waals surface area contributed by atoms with Crippen molar-refractivity contribution in [2.45, 2.75) is 27.7 Å². The van der Waals surface area contributed by atoms with Gasteiger partial charge in [0.15, 0.2) is 11.2 Å². The number of phenolic OH excluding ortho intramolecular Hbond substituents is 1. The number of carbonyl (C=O) groups excluding carboxylic acids is 1. The molecule has 0 fully saturated rings. The highest BCUT2D eigenvalue weighted by Crippen LogP contribution is 2.42. The summed E-state index contributed by atoms with van der Waals surface area (Å²) in [6.45, 7) is 7.70. The molecule has 0 saturated carbocycles. The van der Waals surface area contributed by atoms with Crippen LogP contribution in [0.1, 0.15) is 36.7 Å². The number of rotatable bonds is 2. The van der Waals surface area contributed by atoms with Gasteiger partial charge in [0.1, 0.15) is 17.1 Å². The van der Waals surface area contributed by atoms with Gasteiger partial charge in [-0.25, -0.2) is 0 Å². The molecule has 2 aromatic carbocycles. The smallest absolute Gasteiger partial charge is 0.182 e. The lowest BCUT2D eigenvalue weighted by atomic mass is 9.84. The number of aryl methyl sites for hydroxylation is 1. The number of carbonyl (C=O) groups is 1. The Morgan fingerprint density at radius 3 is 2.41 bits per heavy atom. The highest BCUT2D eigenvalue weighted by atomic mass is 16.3. The molecule has 0 amide bonds. The van der Waals surface area contributed by atoms with Gasteiger partial charge in [-0.05, 0) is 48.4 Å². The van der Waals surface area contributed by atoms with Crippen LogP contribution in [0.2, 0.25) is 0 Å². The molecule has 4 nitrogen and oxygen atoms in total. The van der Waals surface area contributed by atoms with Gasteiger partial charge >= 0.3 is 0 Å². The van der Waals surface area contributed by atoms with Crippen LogP contribution >= 0.6 is 0 Å². The van der Waals surface area contributed by atoms with Crippen molar-refractivity contribution in [1.82, 2.24) is 0 Å². The molecule has 1 heterocycles. The topological polar surface area (TPSA) is 67.5 Å². The average molecular weight is 386 g/mol. The molecule has 1 N–H and O–H groups in total. The predicted molar refractivity (Wildman–Crippen MR) is 115 cm³/mol. The maximum Gasteiger partial charge on any atom is 0.182 e. The van der Waals surface area contributed by atoms with Crippen LogP contribution in [0.15, 0.2) is 63.8 Å². The first kappa shape index (κ1) is 18.9. The summed E-state index contributed by atoms with van der Waals surface area (Å²) < 4.78 is 5.91. The molecule has 1 aliphatic carbocycles. The second kappa shape index (κ2) is 6.59. The number of benzene rings is 3. The quantitative estimate of drug-likeness (QED) is 0.349. The lowest BCUT2D eigenvalue weighted by Gasteiger charge is -2.20. The molecule has 2 aliphatic rings. The third kappa shape index (κ3) is 3.31. The standard InChI is InChI=1S/C25H22O4/c1-14-5-6-15(24(28)25(2,3)4)11-20(14)23-18-9-7-16(26)12-21(18)29-22-13-17(27)8-10-19(22)23/h5-13,26H,1-4H3. The van der Waals surface area contributed by atoms with E-state index in [0.717, 1.165) is 27.6 Å². The van der Waals surface area contributed by atoms with Crippen molar-refractivity contribution in [3.05, 3.63) is 75.9 Å². The number of phenols is 1. The molecule has 4 heteroatoms. The third-order valence-electron chi connectivity index (χ3n) is 5.13. The molecule has 2 aromatic rings. The van der Waals surface area contributed by atoms with Crippen molar-refractivity contribution in [2.75, 3.05) is 0 Å². The molecule has 0 unspecified atom stereocenters. The van der Waals surface area contributed by atoms with Gasteiger partial charge in [0, 0.05) is 39.6 Å². The Hall–Kier alpha value is -3.40. The van der Waals surface area contributed by atoms with Crippen LogP contribution in [0.4, 0.5) is 0 Å². The van der Waals surface area contributed by atoms with Gasteiger partial charge in [0.2, 0.25) is 0 Å². The van der Waals surface area contributed by atoms with Gasteiger partial charge in [-0.2, -0.15) is 0 Å². The zero-order valence-electron chi connectivity index (χ0n) is 16.9. The van der Waals surface area contributed by atoms with Crippen molar-refractivity contribution >= 4 is 16.8 Å². The molecule has 0 aromatic heterocycles. The SMILES string of the molecule is Cc1ccc(C(=O)C(C)(C)C)cc1-c1c2ccc(=O)cc-2oc2cc(O)ccc12. The number of hydrogen-bond donors (Lipinski definition) is 1. The Morgan fingerprint density at radius 1 is 0.931 bits per heavy atom. The average Bonchev–Trinajstić information content (AvgIpc) is 2.65. The summed E-state index contributed by atoms with van der Waals surface area (Å²) in [6.07, 6.45) is 0. The number of Topliss-reactive ketones (excluding diaryl/α,β-unsaturated/α-hetero) is 1. The van der Waals surface area contributed by atoms with Gasteiger partial charge in [-0.1, -0.05) is 32.9 Å². The van der Waals surface area contributed by atoms with E-state index < -0.39 is 5.41 Å². The van der Waals surface area contributed by atoms with E-state index in [2.05, 4.69) is 0 Å². The minimum absolute atomic E-state index is 0.0625. The van der Waals surface area contributed by atoms with E-state index in [1.54, 1.807) is 18.2 Å². The molecule has 0 atom stereocenters. The van der Waals surface area contributed by atoms with Crippen molar-refractivity contribution in [3.63, 3.8) is 0 Å². The number of aromatic hydroxyl groups is 1. The summed E-state index contributed by atoms with van der Waals surface area (Å²) in [4.78, 5) is 24.8. The van der Waals surface area contributed by atoms with Crippen molar-refractivity contribution in [2.24, 2.45) is 5.41 Å². The molecular weight excluding hydrogens is 364 g/mol. The summed E-state index contributed by atoms with van der Waals surface area (Å²) in [5.41, 5.74) is 4.03. The Labute approximate surface area is 168 Å². The van der Waals surface area contributed by atoms with Crippen LogP contribution in [0.3, 0.4) is 0 Å². The van der Waals surface area contributed by atoms with E-state index in [4.69, 9.17) is 4.42 Å². The Bertz CT molecular complexity index is 1290. The minimum Gasteiger partial charge on any atom is -0.508 e. The molecule has 29 heavy (non-hydrogen) atoms. The number of fused-ring (bicyclic) bond motifs is 2. The number of hydrogen-bond acceptors (Lipinski definition) is 4. The first-order valence-corrected chi connectivity index (χ1v) is 9.50. The van der Waals surface area contributed by atoms with E-state index in [-0.39, 0.29) is 17.0 Å². The van der Waals surface area contributed by atoms with Gasteiger partial charge in [-0.15, -0.1) is 0 Å². The maximum absolute atomic E-state index is 12.9. The summed E-state index contributed by atoms with van der Waals surface area (Å²) in [6, 6.07) is 15.4. The molecule has 0 bridgehead atoms. The van der Waals surface area contributed by atoms with Crippen molar-refractivity contribution in [3.8, 4) is 28.2 Å². The largest absolute Gasteiger partial charge is 0.508 e. The van der Waals surface area contributed by atoms with E-state index in [0.29, 0.717) is 16.9 Å². The van der Waals surface area contributed by atoms with Gasteiger partial charge < -0.3 is 9.52 Å². The molecule has 1 aliphatic heterocycles. The lowest BCUT2D eigenvalue weighted by Crippen LogP contribution is -2.20. The van der Waals surface area contributed by atoms with E-state index >= 15 is 0 Å². The fourth-order valence-electron chi connectivity index (χ4n) is 3.61. The van der Waals surface area contributed by atoms with Gasteiger partial charge in [-0.3, -0.25) is 9.59 Å². The van der Waals surface area contributed by atoms with Crippen LogP contribution in [-0.2, 0) is 0 Å². The van der Waals surface area contributed by atoms with Crippen LogP contribution in [0, 0.1) is 12.3 Å². The first-order valence-electron chi connectivity index (χ1n) is 9.50. The van der Waals surface area contributed by atoms with Crippen molar-refractivity contribution < 1.29 is 14.3 Å². The summed E-state index contributed by atoms with van der Waals surface area (Å²) in [5, 5.41) is 10.7. The molecule has 0 spiro atoms. The fraction of sp³-hybridized carbons (Fsp3) is 0.200. The van der Waals surface area contributed by atoms with E-state index in [1.807, 2.05) is 45.9 Å². The monoisotopic (exact) mass is 386 g/mol. The van der Waals surface area contributed by atoms with Crippen molar-refractivity contribution in [1.29, 1.82) is 0 Å². The van der Waals surface area contributed by atoms with Gasteiger partial charge in [0.05, 0.1) is 0 Å². The van der Waals surface area contributed by atoms with E-state index in [9.17, 15) is 14.7 Å². The molecular formula is C25H22O4. The Kier molecular flexibility index (Phi) is 4.30. The Balaban J connectivity index is 2.10. The minimum atomic E-state index is -0.494. The van der Waals surface area contributed by atoms with Crippen LogP contribution in [0.5, 0.6) is 5.75 Å². The van der Waals surface area contributed by atoms with Crippen LogP contribution in [0.25, 0.3) is 33.4 Å². The Morgan fingerprint density at radius 2 is 1.69 bits per heavy atom. The lowest BCUT2D eigenvalue weighted by molar-refractivity contribution is 0.0858. The highest BCUT2D eigenvalue weighted by molar-refractivity contribution is 6.05. The normalized spacial score (nSPS) is 11.9. The summed E-state index contributed by atoms with van der Waals surface area (Å²) in [5.74, 6) is 0.586. The molecule has 0 radical (unpaired) electrons. The third-order valence-corrected chi connectivity index (χ3v) is 5.13. The number of ketones is 1. The summed E-state index contributed by atoms with van der Waals surface area (Å²) in [7, 11) is 0. The second-order valence-electron chi connectivity index (χ2n) is 8.42. The van der Waals surface area contributed by atoms with Crippen LogP contribution in [-0.4, -0.2) is 10.9 Å². The first-order chi connectivity index (χ1) is 13.6. The highest BCUT2D eigenvalue weighted by Gasteiger charge is 2.25.